The van der Waals surface area contributed by atoms with E-state index in [9.17, 15) is 5.11 Å². The van der Waals surface area contributed by atoms with Crippen molar-refractivity contribution in [2.45, 2.75) is 63.1 Å². The predicted octanol–water partition coefficient (Wildman–Crippen LogP) is 5.55. The lowest BCUT2D eigenvalue weighted by molar-refractivity contribution is 0.0211. The average Bonchev–Trinajstić information content (AvgIpc) is 3.46. The summed E-state index contributed by atoms with van der Waals surface area (Å²) in [6.07, 6.45) is 11.0. The number of nitrogens with two attached hydrogens (primary N) is 1. The Bertz CT molecular complexity index is 1830. The van der Waals surface area contributed by atoms with E-state index in [-0.39, 0.29) is 47.5 Å². The van der Waals surface area contributed by atoms with Crippen molar-refractivity contribution in [1.29, 1.82) is 5.41 Å². The van der Waals surface area contributed by atoms with E-state index < -0.39 is 5.83 Å². The monoisotopic (exact) mass is 695 g/mol. The van der Waals surface area contributed by atoms with Gasteiger partial charge in [-0.05, 0) is 87.1 Å². The summed E-state index contributed by atoms with van der Waals surface area (Å²) < 4.78 is 26.2. The Morgan fingerprint density at radius 2 is 2.10 bits per heavy atom. The number of aromatic nitrogens is 3. The fourth-order valence-electron chi connectivity index (χ4n) is 6.67. The van der Waals surface area contributed by atoms with Crippen LogP contribution in [0.4, 0.5) is 10.1 Å². The van der Waals surface area contributed by atoms with Crippen molar-refractivity contribution in [2.24, 2.45) is 15.7 Å². The van der Waals surface area contributed by atoms with Crippen LogP contribution in [0.5, 0.6) is 5.75 Å². The topological polar surface area (TPSA) is 170 Å². The Balaban J connectivity index is 1.25. The van der Waals surface area contributed by atoms with E-state index in [0.29, 0.717) is 42.5 Å². The molecule has 2 unspecified atom stereocenters. The number of fused-ring (bicyclic) bond motifs is 2. The second-order valence-electron chi connectivity index (χ2n) is 13.3. The van der Waals surface area contributed by atoms with Gasteiger partial charge in [-0.15, -0.1) is 0 Å². The number of halogens is 1. The molecule has 3 fully saturated rings. The lowest BCUT2D eigenvalue weighted by atomic mass is 9.94. The number of hydrogen-bond acceptors (Lipinski definition) is 10. The molecule has 1 saturated carbocycles. The highest BCUT2D eigenvalue weighted by Gasteiger charge is 2.41. The van der Waals surface area contributed by atoms with E-state index in [1.54, 1.807) is 19.4 Å². The van der Waals surface area contributed by atoms with Crippen LogP contribution in [0.15, 0.2) is 75.8 Å². The summed E-state index contributed by atoms with van der Waals surface area (Å²) in [5, 5.41) is 34.0. The summed E-state index contributed by atoms with van der Waals surface area (Å²) in [6.45, 7) is 7.88. The highest BCUT2D eigenvalue weighted by Crippen LogP contribution is 2.49. The lowest BCUT2D eigenvalue weighted by Gasteiger charge is -2.32. The van der Waals surface area contributed by atoms with Crippen molar-refractivity contribution in [3.05, 3.63) is 88.0 Å². The van der Waals surface area contributed by atoms with Gasteiger partial charge >= 0.3 is 0 Å². The van der Waals surface area contributed by atoms with E-state index in [1.165, 1.54) is 12.2 Å². The van der Waals surface area contributed by atoms with Crippen LogP contribution < -0.4 is 11.1 Å². The lowest BCUT2D eigenvalue weighted by Crippen LogP contribution is -2.47. The van der Waals surface area contributed by atoms with E-state index in [4.69, 9.17) is 25.6 Å². The van der Waals surface area contributed by atoms with Gasteiger partial charge in [0.05, 0.1) is 18.9 Å². The zero-order valence-electron chi connectivity index (χ0n) is 29.1. The molecule has 1 aromatic heterocycles. The minimum absolute atomic E-state index is 0.0683. The van der Waals surface area contributed by atoms with Crippen molar-refractivity contribution < 1.29 is 19.0 Å². The Hall–Kier alpha value is -4.98. The first-order chi connectivity index (χ1) is 24.8. The highest BCUT2D eigenvalue weighted by atomic mass is 19.1. The number of aromatic hydroxyl groups is 1. The molecule has 3 aliphatic rings. The molecule has 268 valence electrons. The molecule has 12 nitrogen and oxygen atoms in total. The second kappa shape index (κ2) is 16.4. The molecule has 0 radical (unpaired) electrons. The number of methoxy groups -OCH3 is 1. The zero-order chi connectivity index (χ0) is 35.9. The van der Waals surface area contributed by atoms with Gasteiger partial charge in [0.15, 0.2) is 0 Å². The van der Waals surface area contributed by atoms with Crippen LogP contribution >= 0.6 is 0 Å². The van der Waals surface area contributed by atoms with Crippen LogP contribution in [-0.4, -0.2) is 95.9 Å². The van der Waals surface area contributed by atoms with Crippen LogP contribution in [0.1, 0.15) is 60.8 Å². The number of piperazine rings is 1. The molecule has 13 heteroatoms. The van der Waals surface area contributed by atoms with Gasteiger partial charge < -0.3 is 35.9 Å². The molecule has 3 heterocycles. The van der Waals surface area contributed by atoms with Crippen LogP contribution in [0.2, 0.25) is 0 Å². The third kappa shape index (κ3) is 8.50. The van der Waals surface area contributed by atoms with Gasteiger partial charge in [0.1, 0.15) is 35.5 Å². The Morgan fingerprint density at radius 1 is 1.29 bits per heavy atom. The smallest absolute Gasteiger partial charge is 0.149 e. The molecule has 0 spiro atoms. The minimum Gasteiger partial charge on any atom is -0.505 e. The van der Waals surface area contributed by atoms with E-state index >= 15 is 4.39 Å². The normalized spacial score (nSPS) is 20.3. The SMILES string of the molecule is C=Nc1c(/C(=N\COC[C@H](C)OC)N2CC3CC2CN3)cc(C2CC2)c(/C=C(C=N)/C(N)=C\C(F)=C\CCc2ccc(-c3cn[nH]n3)cc2)c1O. The first-order valence-electron chi connectivity index (χ1n) is 17.3. The highest BCUT2D eigenvalue weighted by molar-refractivity contribution is 6.06. The summed E-state index contributed by atoms with van der Waals surface area (Å²) in [4.78, 5) is 11.5. The average molecular weight is 696 g/mol. The quantitative estimate of drug-likeness (QED) is 0.0562. The fourth-order valence-corrected chi connectivity index (χ4v) is 6.67. The number of amidine groups is 1. The molecule has 1 aliphatic carbocycles. The first kappa shape index (κ1) is 35.8. The van der Waals surface area contributed by atoms with E-state index in [0.717, 1.165) is 61.0 Å². The van der Waals surface area contributed by atoms with E-state index in [1.807, 2.05) is 37.3 Å². The largest absolute Gasteiger partial charge is 0.505 e. The third-order valence-corrected chi connectivity index (χ3v) is 9.67. The number of nitrogens with one attached hydrogen (secondary N) is 3. The minimum atomic E-state index is -0.507. The standard InChI is InChI=1S/C38H46FN9O3/c1-23(50-3)21-51-22-44-38(48-20-29-15-30(48)18-43-29)33-16-31(25-11-12-25)32(37(49)36(33)42-2)13-27(17-40)34(41)14-28(39)6-4-5-24-7-9-26(10-8-24)35-19-45-47-46-35/h6-10,13-14,16-17,19,23,25,29-30,40,43,49H,2,4-5,11-12,15,18,20-22,41H2,1,3H3,(H,45,46,47)/b27-13+,28-6-,34-14+,40-17?,44-38+/t23-,29?,30?/m0/s1. The number of allylic oxidation sites excluding steroid dienone is 4. The maximum atomic E-state index is 15.1. The summed E-state index contributed by atoms with van der Waals surface area (Å²) in [5.74, 6) is 0.322. The summed E-state index contributed by atoms with van der Waals surface area (Å²) >= 11 is 0. The number of rotatable bonds is 16. The Morgan fingerprint density at radius 3 is 2.73 bits per heavy atom. The molecule has 2 aromatic carbocycles. The van der Waals surface area contributed by atoms with Gasteiger partial charge in [-0.2, -0.15) is 15.4 Å². The maximum Gasteiger partial charge on any atom is 0.149 e. The molecular weight excluding hydrogens is 649 g/mol. The Kier molecular flexibility index (Phi) is 11.5. The van der Waals surface area contributed by atoms with Gasteiger partial charge in [-0.3, -0.25) is 4.99 Å². The van der Waals surface area contributed by atoms with Crippen molar-refractivity contribution in [3.8, 4) is 17.0 Å². The third-order valence-electron chi connectivity index (χ3n) is 9.67. The molecule has 3 atom stereocenters. The number of nitrogens with zero attached hydrogens (tertiary/aromatic N) is 5. The number of benzene rings is 2. The zero-order valence-corrected chi connectivity index (χ0v) is 29.1. The second-order valence-corrected chi connectivity index (χ2v) is 13.3. The molecule has 0 amide bonds. The molecular formula is C38H46FN9O3. The number of aliphatic imine (C=N–C) groups is 2. The molecule has 51 heavy (non-hydrogen) atoms. The predicted molar refractivity (Wildman–Crippen MR) is 198 cm³/mol. The van der Waals surface area contributed by atoms with Crippen molar-refractivity contribution in [2.75, 3.05) is 33.5 Å². The number of aryl methyl sites for hydroxylation is 1. The first-order valence-corrected chi connectivity index (χ1v) is 17.3. The van der Waals surface area contributed by atoms with Crippen LogP contribution in [0.25, 0.3) is 17.3 Å². The van der Waals surface area contributed by atoms with Gasteiger partial charge in [-0.25, -0.2) is 9.38 Å². The summed E-state index contributed by atoms with van der Waals surface area (Å²) in [6, 6.07) is 10.5. The van der Waals surface area contributed by atoms with Gasteiger partial charge in [0, 0.05) is 66.5 Å². The van der Waals surface area contributed by atoms with E-state index in [2.05, 4.69) is 37.3 Å². The molecule has 6 N–H and O–H groups in total. The van der Waals surface area contributed by atoms with Crippen molar-refractivity contribution in [1.82, 2.24) is 25.6 Å². The molecule has 3 aromatic rings. The van der Waals surface area contributed by atoms with Crippen LogP contribution in [0.3, 0.4) is 0 Å². The van der Waals surface area contributed by atoms with Crippen molar-refractivity contribution >= 4 is 30.5 Å². The Labute approximate surface area is 297 Å². The number of likely N-dealkylation sites (tertiary alicyclic amines) is 1. The van der Waals surface area contributed by atoms with Crippen LogP contribution in [0, 0.1) is 5.41 Å². The van der Waals surface area contributed by atoms with Crippen LogP contribution in [-0.2, 0) is 15.9 Å². The number of hydrogen-bond donors (Lipinski definition) is 5. The molecule has 6 rings (SSSR count). The number of ether oxygens (including phenoxy) is 2. The molecule has 2 bridgehead atoms. The number of aromatic amines is 1. The van der Waals surface area contributed by atoms with Crippen molar-refractivity contribution in [3.63, 3.8) is 0 Å². The fraction of sp³-hybridized carbons (Fsp3) is 0.395. The summed E-state index contributed by atoms with van der Waals surface area (Å²) in [5.41, 5.74) is 11.8. The maximum absolute atomic E-state index is 15.1. The van der Waals surface area contributed by atoms with Gasteiger partial charge in [0.2, 0.25) is 0 Å². The van der Waals surface area contributed by atoms with Gasteiger partial charge in [0.25, 0.3) is 0 Å². The number of H-pyrrole nitrogens is 1. The number of phenolic OH excluding ortho intramolecular Hbond substituents is 1. The molecule has 2 aliphatic heterocycles. The molecule has 2 saturated heterocycles. The number of phenols is 1. The van der Waals surface area contributed by atoms with Gasteiger partial charge in [-0.1, -0.05) is 24.3 Å². The summed E-state index contributed by atoms with van der Waals surface area (Å²) in [7, 11) is 1.64.